The van der Waals surface area contributed by atoms with Gasteiger partial charge in [-0.1, -0.05) is 47.5 Å². The molecule has 0 radical (unpaired) electrons. The van der Waals surface area contributed by atoms with Gasteiger partial charge in [0.15, 0.2) is 0 Å². The Morgan fingerprint density at radius 3 is 1.96 bits per heavy atom. The van der Waals surface area contributed by atoms with Crippen LogP contribution in [0.3, 0.4) is 0 Å². The maximum atomic E-state index is 12.5. The Labute approximate surface area is 142 Å². The zero-order valence-corrected chi connectivity index (χ0v) is 14.6. The van der Waals surface area contributed by atoms with Crippen LogP contribution in [-0.2, 0) is 19.6 Å². The van der Waals surface area contributed by atoms with E-state index in [-0.39, 0.29) is 10.6 Å². The van der Waals surface area contributed by atoms with Crippen molar-refractivity contribution >= 4 is 22.1 Å². The van der Waals surface area contributed by atoms with E-state index in [9.17, 15) is 13.2 Å². The van der Waals surface area contributed by atoms with Crippen molar-refractivity contribution in [1.29, 1.82) is 0 Å². The summed E-state index contributed by atoms with van der Waals surface area (Å²) in [5.41, 5.74) is 2.54. The van der Waals surface area contributed by atoms with Gasteiger partial charge in [-0.25, -0.2) is 13.2 Å². The molecule has 6 heteroatoms. The summed E-state index contributed by atoms with van der Waals surface area (Å²) in [5.74, 6) is -0.758. The van der Waals surface area contributed by atoms with Crippen molar-refractivity contribution in [2.24, 2.45) is 0 Å². The summed E-state index contributed by atoms with van der Waals surface area (Å²) in [6, 6.07) is 13.7. The summed E-state index contributed by atoms with van der Waals surface area (Å²) in [5, 5.41) is 0. The highest BCUT2D eigenvalue weighted by Crippen LogP contribution is 2.14. The number of benzene rings is 2. The topological polar surface area (TPSA) is 72.5 Å². The number of hydrogen-bond acceptors (Lipinski definition) is 4. The van der Waals surface area contributed by atoms with Gasteiger partial charge >= 0.3 is 5.97 Å². The van der Waals surface area contributed by atoms with E-state index in [4.69, 9.17) is 0 Å². The highest BCUT2D eigenvalue weighted by atomic mass is 32.2. The lowest BCUT2D eigenvalue weighted by molar-refractivity contribution is -0.136. The van der Waals surface area contributed by atoms with Crippen molar-refractivity contribution < 1.29 is 17.9 Å². The summed E-state index contributed by atoms with van der Waals surface area (Å²) in [4.78, 5) is 12.0. The van der Waals surface area contributed by atoms with Crippen LogP contribution in [0.5, 0.6) is 0 Å². The van der Waals surface area contributed by atoms with Crippen LogP contribution >= 0.6 is 0 Å². The first-order valence-electron chi connectivity index (χ1n) is 7.28. The number of sulfonamides is 1. The molecule has 0 heterocycles. The van der Waals surface area contributed by atoms with Crippen molar-refractivity contribution in [2.75, 3.05) is 7.11 Å². The van der Waals surface area contributed by atoms with Crippen LogP contribution in [0.1, 0.15) is 16.7 Å². The molecule has 0 spiro atoms. The third-order valence-electron chi connectivity index (χ3n) is 3.37. The van der Waals surface area contributed by atoms with Gasteiger partial charge in [-0.05, 0) is 37.6 Å². The molecule has 2 rings (SSSR count). The van der Waals surface area contributed by atoms with E-state index in [1.807, 2.05) is 26.0 Å². The Morgan fingerprint density at radius 2 is 1.46 bits per heavy atom. The minimum Gasteiger partial charge on any atom is -0.464 e. The van der Waals surface area contributed by atoms with Gasteiger partial charge in [0.2, 0.25) is 0 Å². The van der Waals surface area contributed by atoms with Crippen LogP contribution in [0.2, 0.25) is 0 Å². The first-order chi connectivity index (χ1) is 11.3. The maximum absolute atomic E-state index is 12.5. The lowest BCUT2D eigenvalue weighted by atomic mass is 10.1. The summed E-state index contributed by atoms with van der Waals surface area (Å²) >= 11 is 0. The van der Waals surface area contributed by atoms with E-state index >= 15 is 0 Å². The summed E-state index contributed by atoms with van der Waals surface area (Å²) in [6.45, 7) is 3.80. The Morgan fingerprint density at radius 1 is 0.958 bits per heavy atom. The van der Waals surface area contributed by atoms with E-state index in [1.165, 1.54) is 25.3 Å². The van der Waals surface area contributed by atoms with E-state index in [2.05, 4.69) is 9.46 Å². The molecule has 0 aliphatic rings. The third kappa shape index (κ3) is 4.45. The minimum atomic E-state index is -3.88. The Bertz CT molecular complexity index is 851. The normalized spacial score (nSPS) is 11.9. The molecule has 2 aromatic carbocycles. The van der Waals surface area contributed by atoms with Crippen LogP contribution in [0.15, 0.2) is 59.1 Å². The van der Waals surface area contributed by atoms with Crippen molar-refractivity contribution in [1.82, 2.24) is 4.72 Å². The lowest BCUT2D eigenvalue weighted by Gasteiger charge is -2.11. The SMILES string of the molecule is COC(=O)/C(=C/c1ccc(C)cc1)NS(=O)(=O)c1ccc(C)cc1. The van der Waals surface area contributed by atoms with Crippen LogP contribution in [0.25, 0.3) is 6.08 Å². The van der Waals surface area contributed by atoms with Crippen molar-refractivity contribution in [3.8, 4) is 0 Å². The number of carbonyl (C=O) groups excluding carboxylic acids is 1. The number of carbonyl (C=O) groups is 1. The number of nitrogens with one attached hydrogen (secondary N) is 1. The van der Waals surface area contributed by atoms with Gasteiger partial charge in [0.05, 0.1) is 12.0 Å². The number of rotatable bonds is 5. The molecule has 0 saturated carbocycles. The number of methoxy groups -OCH3 is 1. The average Bonchev–Trinajstić information content (AvgIpc) is 2.55. The van der Waals surface area contributed by atoms with Crippen LogP contribution in [-0.4, -0.2) is 21.5 Å². The highest BCUT2D eigenvalue weighted by Gasteiger charge is 2.20. The summed E-state index contributed by atoms with van der Waals surface area (Å²) in [6.07, 6.45) is 1.44. The first kappa shape index (κ1) is 17.7. The molecule has 24 heavy (non-hydrogen) atoms. The molecule has 0 bridgehead atoms. The van der Waals surface area contributed by atoms with Gasteiger partial charge in [-0.3, -0.25) is 4.72 Å². The van der Waals surface area contributed by atoms with Crippen molar-refractivity contribution in [3.05, 3.63) is 70.9 Å². The van der Waals surface area contributed by atoms with Gasteiger partial charge in [0, 0.05) is 0 Å². The van der Waals surface area contributed by atoms with Gasteiger partial charge < -0.3 is 4.74 Å². The zero-order valence-electron chi connectivity index (χ0n) is 13.7. The minimum absolute atomic E-state index is 0.0757. The molecule has 1 N–H and O–H groups in total. The number of aryl methyl sites for hydroxylation is 2. The summed E-state index contributed by atoms with van der Waals surface area (Å²) < 4.78 is 31.9. The molecule has 5 nitrogen and oxygen atoms in total. The van der Waals surface area contributed by atoms with Crippen LogP contribution < -0.4 is 4.72 Å². The second-order valence-electron chi connectivity index (χ2n) is 5.38. The second-order valence-corrected chi connectivity index (χ2v) is 7.06. The third-order valence-corrected chi connectivity index (χ3v) is 4.75. The fourth-order valence-corrected chi connectivity index (χ4v) is 3.03. The largest absolute Gasteiger partial charge is 0.464 e. The molecule has 0 fully saturated rings. The number of ether oxygens (including phenoxy) is 1. The van der Waals surface area contributed by atoms with E-state index in [0.29, 0.717) is 5.56 Å². The van der Waals surface area contributed by atoms with Gasteiger partial charge in [-0.15, -0.1) is 0 Å². The van der Waals surface area contributed by atoms with E-state index in [0.717, 1.165) is 11.1 Å². The van der Waals surface area contributed by atoms with Gasteiger partial charge in [0.25, 0.3) is 10.0 Å². The maximum Gasteiger partial charge on any atom is 0.355 e. The van der Waals surface area contributed by atoms with Gasteiger partial charge in [0.1, 0.15) is 5.70 Å². The van der Waals surface area contributed by atoms with E-state index < -0.39 is 16.0 Å². The monoisotopic (exact) mass is 345 g/mol. The molecule has 0 amide bonds. The molecule has 0 atom stereocenters. The molecular weight excluding hydrogens is 326 g/mol. The quantitative estimate of drug-likeness (QED) is 0.668. The standard InChI is InChI=1S/C18H19NO4S/c1-13-4-8-15(9-5-13)12-17(18(20)23-3)19-24(21,22)16-10-6-14(2)7-11-16/h4-12,19H,1-3H3/b17-12-. The number of esters is 1. The molecule has 0 aromatic heterocycles. The molecule has 0 unspecified atom stereocenters. The smallest absolute Gasteiger partial charge is 0.355 e. The molecule has 0 aliphatic carbocycles. The molecule has 126 valence electrons. The Balaban J connectivity index is 2.37. The van der Waals surface area contributed by atoms with Crippen LogP contribution in [0, 0.1) is 13.8 Å². The molecule has 0 saturated heterocycles. The lowest BCUT2D eigenvalue weighted by Crippen LogP contribution is -2.28. The van der Waals surface area contributed by atoms with Gasteiger partial charge in [-0.2, -0.15) is 0 Å². The second kappa shape index (κ2) is 7.31. The Hall–Kier alpha value is -2.60. The van der Waals surface area contributed by atoms with Crippen LogP contribution in [0.4, 0.5) is 0 Å². The first-order valence-corrected chi connectivity index (χ1v) is 8.76. The Kier molecular flexibility index (Phi) is 5.41. The average molecular weight is 345 g/mol. The van der Waals surface area contributed by atoms with E-state index in [1.54, 1.807) is 24.3 Å². The number of hydrogen-bond donors (Lipinski definition) is 1. The molecule has 2 aromatic rings. The fraction of sp³-hybridized carbons (Fsp3) is 0.167. The molecule has 0 aliphatic heterocycles. The van der Waals surface area contributed by atoms with Crippen molar-refractivity contribution in [3.63, 3.8) is 0 Å². The zero-order chi connectivity index (χ0) is 17.7. The highest BCUT2D eigenvalue weighted by molar-refractivity contribution is 7.89. The predicted molar refractivity (Wildman–Crippen MR) is 92.7 cm³/mol. The molecular formula is C18H19NO4S. The predicted octanol–water partition coefficient (Wildman–Crippen LogP) is 2.80. The summed E-state index contributed by atoms with van der Waals surface area (Å²) in [7, 11) is -2.68. The fourth-order valence-electron chi connectivity index (χ4n) is 1.99. The van der Waals surface area contributed by atoms with Crippen molar-refractivity contribution in [2.45, 2.75) is 18.7 Å².